The average molecular weight is 397 g/mol. The molecule has 0 aromatic heterocycles. The second-order valence-corrected chi connectivity index (χ2v) is 7.98. The summed E-state index contributed by atoms with van der Waals surface area (Å²) in [6.07, 6.45) is 17.1. The third-order valence-corrected chi connectivity index (χ3v) is 4.84. The highest BCUT2D eigenvalue weighted by Gasteiger charge is 2.17. The van der Waals surface area contributed by atoms with Gasteiger partial charge in [-0.2, -0.15) is 0 Å². The van der Waals surface area contributed by atoms with Crippen LogP contribution in [0.1, 0.15) is 111 Å². The van der Waals surface area contributed by atoms with Gasteiger partial charge in [-0.05, 0) is 31.6 Å². The van der Waals surface area contributed by atoms with E-state index in [1.807, 2.05) is 6.08 Å². The van der Waals surface area contributed by atoms with Gasteiger partial charge in [0.1, 0.15) is 12.7 Å². The van der Waals surface area contributed by atoms with Crippen LogP contribution in [-0.4, -0.2) is 24.6 Å². The van der Waals surface area contributed by atoms with Crippen LogP contribution in [0.5, 0.6) is 0 Å². The van der Waals surface area contributed by atoms with E-state index in [1.54, 1.807) is 0 Å². The second kappa shape index (κ2) is 19.0. The van der Waals surface area contributed by atoms with Crippen molar-refractivity contribution in [2.24, 2.45) is 5.92 Å². The molecule has 4 heteroatoms. The minimum atomic E-state index is -0.248. The van der Waals surface area contributed by atoms with Crippen LogP contribution in [0.25, 0.3) is 0 Å². The van der Waals surface area contributed by atoms with E-state index in [-0.39, 0.29) is 30.9 Å². The number of ether oxygens (including phenoxy) is 2. The number of esters is 2. The molecular formula is C24H44O4. The first kappa shape index (κ1) is 26.7. The average Bonchev–Trinajstić information content (AvgIpc) is 2.65. The van der Waals surface area contributed by atoms with Gasteiger partial charge >= 0.3 is 11.9 Å². The van der Waals surface area contributed by atoms with E-state index in [0.717, 1.165) is 19.3 Å². The summed E-state index contributed by atoms with van der Waals surface area (Å²) < 4.78 is 10.7. The van der Waals surface area contributed by atoms with E-state index in [1.165, 1.54) is 44.9 Å². The Bertz CT molecular complexity index is 415. The van der Waals surface area contributed by atoms with Gasteiger partial charge in [-0.3, -0.25) is 9.59 Å². The molecule has 0 radical (unpaired) electrons. The van der Waals surface area contributed by atoms with Crippen LogP contribution in [-0.2, 0) is 19.1 Å². The molecule has 0 saturated heterocycles. The van der Waals surface area contributed by atoms with Gasteiger partial charge < -0.3 is 9.47 Å². The maximum atomic E-state index is 11.9. The Labute approximate surface area is 173 Å². The highest BCUT2D eigenvalue weighted by atomic mass is 16.5. The Morgan fingerprint density at radius 3 is 2.07 bits per heavy atom. The van der Waals surface area contributed by atoms with Gasteiger partial charge in [-0.1, -0.05) is 84.8 Å². The molecule has 0 fully saturated rings. The van der Waals surface area contributed by atoms with Crippen molar-refractivity contribution in [3.05, 3.63) is 12.2 Å². The summed E-state index contributed by atoms with van der Waals surface area (Å²) in [5.74, 6) is -0.140. The zero-order valence-corrected chi connectivity index (χ0v) is 18.8. The van der Waals surface area contributed by atoms with Crippen molar-refractivity contribution in [2.75, 3.05) is 6.61 Å². The standard InChI is InChI=1S/C24H44O4/c1-5-7-8-9-10-11-12-13-14-15-20-27-23(25)18-16-19-24(26)28-22(17-6-2)21(3)4/h14-15,21-22H,5-13,16-20H2,1-4H3/b15-14+. The predicted molar refractivity (Wildman–Crippen MR) is 116 cm³/mol. The minimum Gasteiger partial charge on any atom is -0.462 e. The van der Waals surface area contributed by atoms with Crippen LogP contribution in [0, 0.1) is 5.92 Å². The quantitative estimate of drug-likeness (QED) is 0.146. The highest BCUT2D eigenvalue weighted by molar-refractivity contribution is 5.72. The first-order chi connectivity index (χ1) is 13.5. The molecule has 164 valence electrons. The molecule has 0 saturated carbocycles. The number of hydrogen-bond acceptors (Lipinski definition) is 4. The van der Waals surface area contributed by atoms with Crippen molar-refractivity contribution < 1.29 is 19.1 Å². The Morgan fingerprint density at radius 2 is 1.43 bits per heavy atom. The summed E-state index contributed by atoms with van der Waals surface area (Å²) in [6.45, 7) is 8.77. The van der Waals surface area contributed by atoms with Gasteiger partial charge in [0, 0.05) is 12.8 Å². The SMILES string of the molecule is CCCCCCCCC/C=C/COC(=O)CCCC(=O)OC(CCC)C(C)C. The van der Waals surface area contributed by atoms with E-state index in [9.17, 15) is 9.59 Å². The van der Waals surface area contributed by atoms with Gasteiger partial charge in [-0.25, -0.2) is 0 Å². The van der Waals surface area contributed by atoms with Crippen molar-refractivity contribution in [1.82, 2.24) is 0 Å². The molecule has 0 aromatic rings. The van der Waals surface area contributed by atoms with Crippen LogP contribution in [0.3, 0.4) is 0 Å². The summed E-state index contributed by atoms with van der Waals surface area (Å²) in [4.78, 5) is 23.6. The van der Waals surface area contributed by atoms with E-state index in [4.69, 9.17) is 9.47 Å². The number of allylic oxidation sites excluding steroid dienone is 1. The number of carbonyl (C=O) groups excluding carboxylic acids is 2. The van der Waals surface area contributed by atoms with Crippen LogP contribution in [0.15, 0.2) is 12.2 Å². The van der Waals surface area contributed by atoms with Gasteiger partial charge in [0.2, 0.25) is 0 Å². The summed E-state index contributed by atoms with van der Waals surface area (Å²) in [6, 6.07) is 0. The summed E-state index contributed by atoms with van der Waals surface area (Å²) >= 11 is 0. The fraction of sp³-hybridized carbons (Fsp3) is 0.833. The molecule has 0 aliphatic carbocycles. The second-order valence-electron chi connectivity index (χ2n) is 7.98. The summed E-state index contributed by atoms with van der Waals surface area (Å²) in [5, 5.41) is 0. The zero-order chi connectivity index (χ0) is 21.0. The zero-order valence-electron chi connectivity index (χ0n) is 18.8. The molecule has 0 rings (SSSR count). The van der Waals surface area contributed by atoms with Crippen molar-refractivity contribution in [1.29, 1.82) is 0 Å². The van der Waals surface area contributed by atoms with Gasteiger partial charge in [-0.15, -0.1) is 0 Å². The Kier molecular flexibility index (Phi) is 18.1. The molecule has 0 aliphatic heterocycles. The predicted octanol–water partition coefficient (Wildman–Crippen LogP) is 6.76. The number of hydrogen-bond donors (Lipinski definition) is 0. The minimum absolute atomic E-state index is 0.0223. The first-order valence-electron chi connectivity index (χ1n) is 11.5. The van der Waals surface area contributed by atoms with Gasteiger partial charge in [0.25, 0.3) is 0 Å². The number of carbonyl (C=O) groups is 2. The molecule has 1 unspecified atom stereocenters. The fourth-order valence-corrected chi connectivity index (χ4v) is 3.04. The molecule has 0 aromatic carbocycles. The van der Waals surface area contributed by atoms with Crippen molar-refractivity contribution in [2.45, 2.75) is 117 Å². The molecule has 0 heterocycles. The van der Waals surface area contributed by atoms with E-state index < -0.39 is 0 Å². The lowest BCUT2D eigenvalue weighted by Crippen LogP contribution is -2.23. The Hall–Kier alpha value is -1.32. The first-order valence-corrected chi connectivity index (χ1v) is 11.5. The van der Waals surface area contributed by atoms with Crippen LogP contribution in [0.4, 0.5) is 0 Å². The largest absolute Gasteiger partial charge is 0.462 e. The van der Waals surface area contributed by atoms with E-state index in [0.29, 0.717) is 18.9 Å². The lowest BCUT2D eigenvalue weighted by Gasteiger charge is -2.20. The lowest BCUT2D eigenvalue weighted by atomic mass is 10.0. The van der Waals surface area contributed by atoms with Crippen molar-refractivity contribution in [3.63, 3.8) is 0 Å². The van der Waals surface area contributed by atoms with E-state index >= 15 is 0 Å². The maximum absolute atomic E-state index is 11.9. The number of rotatable bonds is 18. The fourth-order valence-electron chi connectivity index (χ4n) is 3.04. The third kappa shape index (κ3) is 16.8. The molecule has 4 nitrogen and oxygen atoms in total. The molecule has 0 bridgehead atoms. The van der Waals surface area contributed by atoms with Gasteiger partial charge in [0.15, 0.2) is 0 Å². The lowest BCUT2D eigenvalue weighted by molar-refractivity contribution is -0.152. The molecule has 0 amide bonds. The van der Waals surface area contributed by atoms with Crippen LogP contribution < -0.4 is 0 Å². The third-order valence-electron chi connectivity index (χ3n) is 4.84. The molecule has 0 N–H and O–H groups in total. The summed E-state index contributed by atoms with van der Waals surface area (Å²) in [7, 11) is 0. The van der Waals surface area contributed by atoms with E-state index in [2.05, 4.69) is 33.8 Å². The molecule has 0 aliphatic rings. The maximum Gasteiger partial charge on any atom is 0.306 e. The highest BCUT2D eigenvalue weighted by Crippen LogP contribution is 2.14. The number of unbranched alkanes of at least 4 members (excludes halogenated alkanes) is 7. The molecule has 28 heavy (non-hydrogen) atoms. The topological polar surface area (TPSA) is 52.6 Å². The molecule has 1 atom stereocenters. The van der Waals surface area contributed by atoms with Crippen LogP contribution >= 0.6 is 0 Å². The normalized spacial score (nSPS) is 12.5. The Balaban J connectivity index is 3.62. The Morgan fingerprint density at radius 1 is 0.786 bits per heavy atom. The van der Waals surface area contributed by atoms with Gasteiger partial charge in [0.05, 0.1) is 0 Å². The summed E-state index contributed by atoms with van der Waals surface area (Å²) in [5.41, 5.74) is 0. The van der Waals surface area contributed by atoms with Crippen molar-refractivity contribution >= 4 is 11.9 Å². The monoisotopic (exact) mass is 396 g/mol. The smallest absolute Gasteiger partial charge is 0.306 e. The van der Waals surface area contributed by atoms with Crippen LogP contribution in [0.2, 0.25) is 0 Å². The molecule has 0 spiro atoms. The van der Waals surface area contributed by atoms with Crippen molar-refractivity contribution in [3.8, 4) is 0 Å². The molecular weight excluding hydrogens is 352 g/mol.